The first-order valence-corrected chi connectivity index (χ1v) is 12.3. The van der Waals surface area contributed by atoms with Crippen molar-refractivity contribution in [3.63, 3.8) is 0 Å². The highest BCUT2D eigenvalue weighted by Crippen LogP contribution is 2.30. The van der Waals surface area contributed by atoms with Gasteiger partial charge in [-0.25, -0.2) is 4.79 Å². The van der Waals surface area contributed by atoms with Crippen molar-refractivity contribution >= 4 is 37.5 Å². The first-order chi connectivity index (χ1) is 16.7. The second kappa shape index (κ2) is 13.1. The van der Waals surface area contributed by atoms with Gasteiger partial charge in [-0.3, -0.25) is 4.99 Å². The largest absolute Gasteiger partial charge is 0.467 e. The SMILES string of the molecule is COC(=O)[C@H](Cc1ccccc1-c1ccccc1CBr)N=C(c1ccccc1)c1ccccc1.P. The van der Waals surface area contributed by atoms with Gasteiger partial charge in [-0.1, -0.05) is 125 Å². The fraction of sp³-hybridized carbons (Fsp3) is 0.133. The number of methoxy groups -OCH3 is 1. The van der Waals surface area contributed by atoms with Gasteiger partial charge < -0.3 is 4.74 Å². The molecular weight excluding hydrogens is 517 g/mol. The van der Waals surface area contributed by atoms with E-state index < -0.39 is 6.04 Å². The van der Waals surface area contributed by atoms with Gasteiger partial charge in [0, 0.05) is 22.9 Å². The molecule has 0 amide bonds. The van der Waals surface area contributed by atoms with Crippen LogP contribution in [0.4, 0.5) is 0 Å². The van der Waals surface area contributed by atoms with Crippen LogP contribution in [0.15, 0.2) is 114 Å². The van der Waals surface area contributed by atoms with Crippen LogP contribution < -0.4 is 0 Å². The summed E-state index contributed by atoms with van der Waals surface area (Å²) >= 11 is 3.60. The molecule has 2 atom stereocenters. The van der Waals surface area contributed by atoms with Crippen LogP contribution in [-0.4, -0.2) is 24.8 Å². The van der Waals surface area contributed by atoms with Crippen molar-refractivity contribution in [3.05, 3.63) is 131 Å². The topological polar surface area (TPSA) is 38.7 Å². The minimum atomic E-state index is -0.683. The van der Waals surface area contributed by atoms with Gasteiger partial charge in [0.2, 0.25) is 0 Å². The maximum Gasteiger partial charge on any atom is 0.330 e. The lowest BCUT2D eigenvalue weighted by atomic mass is 9.92. The predicted octanol–water partition coefficient (Wildman–Crippen LogP) is 6.93. The third kappa shape index (κ3) is 6.54. The maximum absolute atomic E-state index is 12.9. The Morgan fingerprint density at radius 1 is 0.743 bits per heavy atom. The van der Waals surface area contributed by atoms with Crippen molar-refractivity contribution in [1.82, 2.24) is 0 Å². The van der Waals surface area contributed by atoms with E-state index in [4.69, 9.17) is 9.73 Å². The summed E-state index contributed by atoms with van der Waals surface area (Å²) in [6.45, 7) is 0. The molecule has 0 radical (unpaired) electrons. The fourth-order valence-electron chi connectivity index (χ4n) is 4.05. The first-order valence-electron chi connectivity index (χ1n) is 11.2. The number of hydrogen-bond donors (Lipinski definition) is 0. The van der Waals surface area contributed by atoms with Crippen LogP contribution in [0.2, 0.25) is 0 Å². The molecule has 0 saturated heterocycles. The zero-order valence-corrected chi connectivity index (χ0v) is 22.7. The monoisotopic (exact) mass is 545 g/mol. The van der Waals surface area contributed by atoms with Crippen LogP contribution >= 0.6 is 25.8 Å². The molecule has 0 aliphatic carbocycles. The second-order valence-electron chi connectivity index (χ2n) is 7.90. The summed E-state index contributed by atoms with van der Waals surface area (Å²) in [6, 6.07) is 35.7. The van der Waals surface area contributed by atoms with E-state index >= 15 is 0 Å². The van der Waals surface area contributed by atoms with E-state index in [0.29, 0.717) is 6.42 Å². The highest BCUT2D eigenvalue weighted by molar-refractivity contribution is 9.08. The molecule has 178 valence electrons. The van der Waals surface area contributed by atoms with E-state index in [-0.39, 0.29) is 15.9 Å². The number of esters is 1. The number of carbonyl (C=O) groups is 1. The van der Waals surface area contributed by atoms with E-state index in [2.05, 4.69) is 40.2 Å². The Labute approximate surface area is 219 Å². The molecule has 1 unspecified atom stereocenters. The molecule has 3 nitrogen and oxygen atoms in total. The molecule has 0 aliphatic rings. The van der Waals surface area contributed by atoms with E-state index in [1.54, 1.807) is 0 Å². The van der Waals surface area contributed by atoms with E-state index in [1.165, 1.54) is 12.7 Å². The van der Waals surface area contributed by atoms with Gasteiger partial charge >= 0.3 is 5.97 Å². The zero-order valence-electron chi connectivity index (χ0n) is 19.7. The van der Waals surface area contributed by atoms with Crippen molar-refractivity contribution < 1.29 is 9.53 Å². The Morgan fingerprint density at radius 3 is 1.71 bits per heavy atom. The molecular formula is C30H29BrNO2P. The number of hydrogen-bond acceptors (Lipinski definition) is 3. The number of rotatable bonds is 8. The summed E-state index contributed by atoms with van der Waals surface area (Å²) < 4.78 is 5.19. The predicted molar refractivity (Wildman–Crippen MR) is 154 cm³/mol. The van der Waals surface area contributed by atoms with E-state index in [9.17, 15) is 4.79 Å². The molecule has 0 heterocycles. The number of halogens is 1. The molecule has 4 aromatic rings. The molecule has 35 heavy (non-hydrogen) atoms. The Bertz CT molecular complexity index is 1230. The lowest BCUT2D eigenvalue weighted by molar-refractivity contribution is -0.142. The van der Waals surface area contributed by atoms with Crippen molar-refractivity contribution in [2.75, 3.05) is 7.11 Å². The highest BCUT2D eigenvalue weighted by atomic mass is 79.9. The maximum atomic E-state index is 12.9. The average molecular weight is 546 g/mol. The van der Waals surface area contributed by atoms with Crippen molar-refractivity contribution in [1.29, 1.82) is 0 Å². The molecule has 0 spiro atoms. The van der Waals surface area contributed by atoms with E-state index in [0.717, 1.165) is 38.9 Å². The molecule has 5 heteroatoms. The zero-order chi connectivity index (χ0) is 23.8. The molecule has 0 N–H and O–H groups in total. The second-order valence-corrected chi connectivity index (χ2v) is 8.46. The summed E-state index contributed by atoms with van der Waals surface area (Å²) in [6.07, 6.45) is 0.433. The van der Waals surface area contributed by atoms with Gasteiger partial charge in [-0.15, -0.1) is 0 Å². The molecule has 4 rings (SSSR count). The third-order valence-electron chi connectivity index (χ3n) is 5.73. The van der Waals surface area contributed by atoms with Crippen molar-refractivity contribution in [2.45, 2.75) is 17.8 Å². The van der Waals surface area contributed by atoms with Crippen molar-refractivity contribution in [2.24, 2.45) is 4.99 Å². The fourth-order valence-corrected chi connectivity index (χ4v) is 4.54. The molecule has 4 aromatic carbocycles. The number of ether oxygens (including phenoxy) is 1. The smallest absolute Gasteiger partial charge is 0.330 e. The van der Waals surface area contributed by atoms with Crippen molar-refractivity contribution in [3.8, 4) is 11.1 Å². The standard InChI is InChI=1S/C30H26BrNO2.H3P/c1-34-30(33)28(32-29(22-12-4-2-5-13-22)23-14-6-3-7-15-23)20-24-16-8-10-18-26(24)27-19-11-9-17-25(27)21-31;/h2-19,28H,20-21H2,1H3;1H3/t28-;/m0./s1. The van der Waals surface area contributed by atoms with Gasteiger partial charge in [-0.2, -0.15) is 9.90 Å². The summed E-state index contributed by atoms with van der Waals surface area (Å²) in [5, 5.41) is 0.752. The van der Waals surface area contributed by atoms with Crippen LogP contribution in [0.3, 0.4) is 0 Å². The normalized spacial score (nSPS) is 11.1. The van der Waals surface area contributed by atoms with Gasteiger partial charge in [0.25, 0.3) is 0 Å². The molecule has 0 bridgehead atoms. The number of carbonyl (C=O) groups excluding carboxylic acids is 1. The van der Waals surface area contributed by atoms with Crippen LogP contribution in [0, 0.1) is 0 Å². The summed E-state index contributed by atoms with van der Waals surface area (Å²) in [7, 11) is 1.42. The third-order valence-corrected chi connectivity index (χ3v) is 6.34. The van der Waals surface area contributed by atoms with Crippen LogP contribution in [0.1, 0.15) is 22.3 Å². The summed E-state index contributed by atoms with van der Waals surface area (Å²) in [5.74, 6) is -0.354. The lowest BCUT2D eigenvalue weighted by Gasteiger charge is -2.17. The van der Waals surface area contributed by atoms with Gasteiger partial charge in [0.15, 0.2) is 6.04 Å². The quantitative estimate of drug-likeness (QED) is 0.104. The van der Waals surface area contributed by atoms with Gasteiger partial charge in [-0.05, 0) is 22.3 Å². The average Bonchev–Trinajstić information content (AvgIpc) is 2.91. The Kier molecular flexibility index (Phi) is 9.96. The molecule has 0 saturated carbocycles. The highest BCUT2D eigenvalue weighted by Gasteiger charge is 2.23. The molecule has 0 aromatic heterocycles. The van der Waals surface area contributed by atoms with Gasteiger partial charge in [0.05, 0.1) is 12.8 Å². The summed E-state index contributed by atoms with van der Waals surface area (Å²) in [4.78, 5) is 17.9. The van der Waals surface area contributed by atoms with Crippen LogP contribution in [0.5, 0.6) is 0 Å². The minimum absolute atomic E-state index is 0. The van der Waals surface area contributed by atoms with Crippen LogP contribution in [-0.2, 0) is 21.3 Å². The molecule has 0 aliphatic heterocycles. The Morgan fingerprint density at radius 2 is 1.20 bits per heavy atom. The Balaban J connectivity index is 0.00000342. The van der Waals surface area contributed by atoms with Gasteiger partial charge in [0.1, 0.15) is 0 Å². The van der Waals surface area contributed by atoms with E-state index in [1.807, 2.05) is 84.9 Å². The Hall–Kier alpha value is -3.07. The number of alkyl halides is 1. The van der Waals surface area contributed by atoms with Crippen LogP contribution in [0.25, 0.3) is 11.1 Å². The number of aliphatic imine (C=N–C) groups is 1. The minimum Gasteiger partial charge on any atom is -0.467 e. The molecule has 0 fully saturated rings. The lowest BCUT2D eigenvalue weighted by Crippen LogP contribution is -2.25. The summed E-state index contributed by atoms with van der Waals surface area (Å²) in [5.41, 5.74) is 7.19. The number of nitrogens with zero attached hydrogens (tertiary/aromatic N) is 1. The number of benzene rings is 4. The first kappa shape index (κ1) is 26.5.